The first-order valence-corrected chi connectivity index (χ1v) is 5.31. The molecule has 92 valence electrons. The lowest BCUT2D eigenvalue weighted by atomic mass is 10.2. The van der Waals surface area contributed by atoms with Crippen LogP contribution in [-0.4, -0.2) is 25.4 Å². The summed E-state index contributed by atoms with van der Waals surface area (Å²) in [6.45, 7) is 6.30. The van der Waals surface area contributed by atoms with E-state index in [1.54, 1.807) is 0 Å². The highest BCUT2D eigenvalue weighted by molar-refractivity contribution is 5.73. The molecule has 0 aromatic heterocycles. The standard InChI is InChI=1S/C10H18N2O4/c1-4-5-6-15-9(13)11-12-10(14)16-7-8(2)3/h8H,4-7H2,1-3H3/b12-11+. The van der Waals surface area contributed by atoms with E-state index in [-0.39, 0.29) is 19.1 Å². The van der Waals surface area contributed by atoms with Crippen molar-refractivity contribution in [3.8, 4) is 0 Å². The zero-order valence-corrected chi connectivity index (χ0v) is 9.93. The van der Waals surface area contributed by atoms with Crippen LogP contribution in [0.4, 0.5) is 9.59 Å². The Morgan fingerprint density at radius 2 is 1.69 bits per heavy atom. The molecule has 0 unspecified atom stereocenters. The fourth-order valence-corrected chi connectivity index (χ4v) is 0.681. The summed E-state index contributed by atoms with van der Waals surface area (Å²) in [7, 11) is 0. The Morgan fingerprint density at radius 3 is 2.19 bits per heavy atom. The number of nitrogens with zero attached hydrogens (tertiary/aromatic N) is 2. The molecule has 0 aliphatic heterocycles. The van der Waals surface area contributed by atoms with Gasteiger partial charge in [0.05, 0.1) is 13.2 Å². The number of ether oxygens (including phenoxy) is 2. The molecule has 0 aliphatic rings. The number of carbonyl (C=O) groups is 2. The van der Waals surface area contributed by atoms with Crippen molar-refractivity contribution in [3.05, 3.63) is 0 Å². The highest BCUT2D eigenvalue weighted by atomic mass is 16.6. The second-order valence-electron chi connectivity index (χ2n) is 3.64. The maximum Gasteiger partial charge on any atom is 0.452 e. The van der Waals surface area contributed by atoms with Gasteiger partial charge in [0.2, 0.25) is 0 Å². The predicted octanol–water partition coefficient (Wildman–Crippen LogP) is 3.17. The van der Waals surface area contributed by atoms with Crippen molar-refractivity contribution in [3.63, 3.8) is 0 Å². The molecule has 0 heterocycles. The van der Waals surface area contributed by atoms with Crippen LogP contribution >= 0.6 is 0 Å². The molecule has 6 nitrogen and oxygen atoms in total. The van der Waals surface area contributed by atoms with Gasteiger partial charge in [0.25, 0.3) is 0 Å². The number of hydrogen-bond donors (Lipinski definition) is 0. The minimum Gasteiger partial charge on any atom is -0.447 e. The van der Waals surface area contributed by atoms with Gasteiger partial charge in [0, 0.05) is 0 Å². The molecule has 0 saturated carbocycles. The van der Waals surface area contributed by atoms with E-state index in [1.165, 1.54) is 0 Å². The minimum absolute atomic E-state index is 0.218. The van der Waals surface area contributed by atoms with Gasteiger partial charge in [-0.2, -0.15) is 0 Å². The van der Waals surface area contributed by atoms with Crippen LogP contribution in [0, 0.1) is 5.92 Å². The largest absolute Gasteiger partial charge is 0.452 e. The second kappa shape index (κ2) is 8.82. The van der Waals surface area contributed by atoms with Crippen LogP contribution in [0.2, 0.25) is 0 Å². The number of hydrogen-bond acceptors (Lipinski definition) is 4. The average Bonchev–Trinajstić information content (AvgIpc) is 2.24. The summed E-state index contributed by atoms with van der Waals surface area (Å²) in [6.07, 6.45) is -0.0593. The van der Waals surface area contributed by atoms with Crippen molar-refractivity contribution in [2.45, 2.75) is 33.6 Å². The molecular formula is C10H18N2O4. The maximum absolute atomic E-state index is 10.9. The molecule has 6 heteroatoms. The average molecular weight is 230 g/mol. The van der Waals surface area contributed by atoms with Gasteiger partial charge in [0.15, 0.2) is 0 Å². The monoisotopic (exact) mass is 230 g/mol. The Bertz CT molecular complexity index is 251. The predicted molar refractivity (Wildman–Crippen MR) is 57.3 cm³/mol. The van der Waals surface area contributed by atoms with Crippen LogP contribution < -0.4 is 0 Å². The van der Waals surface area contributed by atoms with E-state index in [9.17, 15) is 9.59 Å². The van der Waals surface area contributed by atoms with E-state index in [0.717, 1.165) is 12.8 Å². The maximum atomic E-state index is 10.9. The third-order valence-electron chi connectivity index (χ3n) is 1.48. The summed E-state index contributed by atoms with van der Waals surface area (Å²) >= 11 is 0. The number of unbranched alkanes of at least 4 members (excludes halogenated alkanes) is 1. The Morgan fingerprint density at radius 1 is 1.12 bits per heavy atom. The van der Waals surface area contributed by atoms with Crippen molar-refractivity contribution in [1.29, 1.82) is 0 Å². The molecule has 0 saturated heterocycles. The van der Waals surface area contributed by atoms with Gasteiger partial charge in [0.1, 0.15) is 0 Å². The molecule has 0 atom stereocenters. The number of rotatable bonds is 5. The van der Waals surface area contributed by atoms with Crippen LogP contribution in [0.25, 0.3) is 0 Å². The summed E-state index contributed by atoms with van der Waals surface area (Å²) in [4.78, 5) is 21.8. The smallest absolute Gasteiger partial charge is 0.447 e. The number of azo groups is 1. The fourth-order valence-electron chi connectivity index (χ4n) is 0.681. The Balaban J connectivity index is 3.71. The van der Waals surface area contributed by atoms with Crippen LogP contribution in [0.1, 0.15) is 33.6 Å². The summed E-state index contributed by atoms with van der Waals surface area (Å²) in [5, 5.41) is 6.13. The molecule has 0 radical (unpaired) electrons. The minimum atomic E-state index is -0.874. The van der Waals surface area contributed by atoms with Crippen molar-refractivity contribution in [2.24, 2.45) is 16.1 Å². The third kappa shape index (κ3) is 9.11. The first-order chi connectivity index (χ1) is 7.56. The van der Waals surface area contributed by atoms with Gasteiger partial charge < -0.3 is 9.47 Å². The molecule has 2 amide bonds. The molecule has 0 aromatic rings. The molecule has 0 aliphatic carbocycles. The molecule has 0 fully saturated rings. The van der Waals surface area contributed by atoms with E-state index in [2.05, 4.69) is 19.7 Å². The van der Waals surface area contributed by atoms with Gasteiger partial charge in [-0.15, -0.1) is 0 Å². The molecule has 0 bridgehead atoms. The molecule has 16 heavy (non-hydrogen) atoms. The molecule has 0 rings (SSSR count). The van der Waals surface area contributed by atoms with Gasteiger partial charge >= 0.3 is 12.2 Å². The van der Waals surface area contributed by atoms with Crippen molar-refractivity contribution >= 4 is 12.2 Å². The van der Waals surface area contributed by atoms with Crippen LogP contribution in [0.5, 0.6) is 0 Å². The topological polar surface area (TPSA) is 77.3 Å². The van der Waals surface area contributed by atoms with E-state index in [4.69, 9.17) is 0 Å². The van der Waals surface area contributed by atoms with E-state index < -0.39 is 12.2 Å². The van der Waals surface area contributed by atoms with Crippen LogP contribution in [0.3, 0.4) is 0 Å². The quantitative estimate of drug-likeness (QED) is 0.536. The van der Waals surface area contributed by atoms with Gasteiger partial charge in [-0.05, 0) is 12.3 Å². The SMILES string of the molecule is CCCCOC(=O)/N=N/C(=O)OCC(C)C. The second-order valence-corrected chi connectivity index (χ2v) is 3.64. The van der Waals surface area contributed by atoms with Crippen molar-refractivity contribution < 1.29 is 19.1 Å². The van der Waals surface area contributed by atoms with Crippen LogP contribution in [0.15, 0.2) is 10.2 Å². The van der Waals surface area contributed by atoms with Crippen molar-refractivity contribution in [2.75, 3.05) is 13.2 Å². The Labute approximate surface area is 95.0 Å². The lowest BCUT2D eigenvalue weighted by molar-refractivity contribution is 0.137. The normalized spacial score (nSPS) is 10.8. The lowest BCUT2D eigenvalue weighted by Crippen LogP contribution is -2.06. The third-order valence-corrected chi connectivity index (χ3v) is 1.48. The zero-order chi connectivity index (χ0) is 12.4. The van der Waals surface area contributed by atoms with Gasteiger partial charge in [-0.3, -0.25) is 0 Å². The highest BCUT2D eigenvalue weighted by Crippen LogP contribution is 1.96. The lowest BCUT2D eigenvalue weighted by Gasteiger charge is -2.02. The molecule has 0 N–H and O–H groups in total. The number of amides is 2. The first kappa shape index (κ1) is 14.5. The first-order valence-electron chi connectivity index (χ1n) is 5.31. The molecule has 0 aromatic carbocycles. The number of carbonyl (C=O) groups excluding carboxylic acids is 2. The van der Waals surface area contributed by atoms with Crippen LogP contribution in [-0.2, 0) is 9.47 Å². The summed E-state index contributed by atoms with van der Waals surface area (Å²) < 4.78 is 9.32. The zero-order valence-electron chi connectivity index (χ0n) is 9.93. The van der Waals surface area contributed by atoms with E-state index in [0.29, 0.717) is 0 Å². The van der Waals surface area contributed by atoms with E-state index in [1.807, 2.05) is 20.8 Å². The fraction of sp³-hybridized carbons (Fsp3) is 0.800. The van der Waals surface area contributed by atoms with Gasteiger partial charge in [-0.1, -0.05) is 37.4 Å². The summed E-state index contributed by atoms with van der Waals surface area (Å²) in [5.74, 6) is 0.218. The Hall–Kier alpha value is -1.46. The molecular weight excluding hydrogens is 212 g/mol. The van der Waals surface area contributed by atoms with E-state index >= 15 is 0 Å². The van der Waals surface area contributed by atoms with Gasteiger partial charge in [-0.25, -0.2) is 9.59 Å². The Kier molecular flexibility index (Phi) is 8.01. The molecule has 0 spiro atoms. The highest BCUT2D eigenvalue weighted by Gasteiger charge is 2.04. The summed E-state index contributed by atoms with van der Waals surface area (Å²) in [6, 6.07) is 0. The summed E-state index contributed by atoms with van der Waals surface area (Å²) in [5.41, 5.74) is 0. The van der Waals surface area contributed by atoms with Crippen molar-refractivity contribution in [1.82, 2.24) is 0 Å².